The van der Waals surface area contributed by atoms with Crippen molar-refractivity contribution in [3.63, 3.8) is 0 Å². The normalized spacial score (nSPS) is 19.6. The lowest BCUT2D eigenvalue weighted by atomic mass is 9.87. The summed E-state index contributed by atoms with van der Waals surface area (Å²) in [6, 6.07) is 0.572. The van der Waals surface area contributed by atoms with Gasteiger partial charge in [0.2, 0.25) is 0 Å². The number of esters is 1. The van der Waals surface area contributed by atoms with Gasteiger partial charge in [-0.2, -0.15) is 0 Å². The standard InChI is InChI=1S/C15H25NO3/c1-4-19-14(18)15(2,3)13(17)10-16(12-7-8-12)9-11-5-6-11/h11-12H,4-10H2,1-3H3. The SMILES string of the molecule is CCOC(=O)C(C)(C)C(=O)CN(CC1CC1)C1CC1. The lowest BCUT2D eigenvalue weighted by molar-refractivity contribution is -0.158. The van der Waals surface area contributed by atoms with Gasteiger partial charge in [-0.1, -0.05) is 0 Å². The van der Waals surface area contributed by atoms with Gasteiger partial charge in [0.15, 0.2) is 5.78 Å². The maximum absolute atomic E-state index is 12.4. The molecule has 0 atom stereocenters. The van der Waals surface area contributed by atoms with Crippen LogP contribution in [0.15, 0.2) is 0 Å². The molecule has 0 unspecified atom stereocenters. The highest BCUT2D eigenvalue weighted by Crippen LogP contribution is 2.35. The molecule has 2 aliphatic carbocycles. The molecule has 0 amide bonds. The van der Waals surface area contributed by atoms with Crippen molar-refractivity contribution >= 4 is 11.8 Å². The molecule has 0 N–H and O–H groups in total. The smallest absolute Gasteiger partial charge is 0.319 e. The second-order valence-corrected chi connectivity index (χ2v) is 6.37. The van der Waals surface area contributed by atoms with E-state index in [4.69, 9.17) is 4.74 Å². The highest BCUT2D eigenvalue weighted by molar-refractivity contribution is 6.03. The predicted octanol–water partition coefficient (Wildman–Crippen LogP) is 2.02. The Morgan fingerprint density at radius 1 is 1.21 bits per heavy atom. The maximum Gasteiger partial charge on any atom is 0.319 e. The fraction of sp³-hybridized carbons (Fsp3) is 0.867. The largest absolute Gasteiger partial charge is 0.465 e. The molecule has 4 heteroatoms. The quantitative estimate of drug-likeness (QED) is 0.498. The number of hydrogen-bond acceptors (Lipinski definition) is 4. The van der Waals surface area contributed by atoms with E-state index in [0.29, 0.717) is 19.2 Å². The molecular formula is C15H25NO3. The Balaban J connectivity index is 1.91. The Bertz CT molecular complexity index is 356. The van der Waals surface area contributed by atoms with E-state index >= 15 is 0 Å². The zero-order valence-corrected chi connectivity index (χ0v) is 12.3. The van der Waals surface area contributed by atoms with Crippen LogP contribution in [0.1, 0.15) is 46.5 Å². The summed E-state index contributed by atoms with van der Waals surface area (Å²) in [5, 5.41) is 0. The van der Waals surface area contributed by atoms with Crippen molar-refractivity contribution in [1.82, 2.24) is 4.90 Å². The van der Waals surface area contributed by atoms with Crippen molar-refractivity contribution in [3.8, 4) is 0 Å². The van der Waals surface area contributed by atoms with Crippen LogP contribution in [0.4, 0.5) is 0 Å². The zero-order chi connectivity index (χ0) is 14.0. The summed E-state index contributed by atoms with van der Waals surface area (Å²) in [7, 11) is 0. The van der Waals surface area contributed by atoms with Crippen molar-refractivity contribution in [1.29, 1.82) is 0 Å². The van der Waals surface area contributed by atoms with Crippen molar-refractivity contribution in [2.24, 2.45) is 11.3 Å². The summed E-state index contributed by atoms with van der Waals surface area (Å²) in [6.45, 7) is 6.86. The number of carbonyl (C=O) groups excluding carboxylic acids is 2. The molecule has 19 heavy (non-hydrogen) atoms. The number of rotatable bonds is 8. The minimum absolute atomic E-state index is 0.0153. The maximum atomic E-state index is 12.4. The fourth-order valence-electron chi connectivity index (χ4n) is 2.22. The van der Waals surface area contributed by atoms with Crippen LogP contribution < -0.4 is 0 Å². The van der Waals surface area contributed by atoms with Gasteiger partial charge in [-0.25, -0.2) is 0 Å². The minimum Gasteiger partial charge on any atom is -0.465 e. The van der Waals surface area contributed by atoms with E-state index in [2.05, 4.69) is 4.90 Å². The van der Waals surface area contributed by atoms with Gasteiger partial charge in [0, 0.05) is 12.6 Å². The van der Waals surface area contributed by atoms with E-state index in [-0.39, 0.29) is 5.78 Å². The van der Waals surface area contributed by atoms with E-state index < -0.39 is 11.4 Å². The van der Waals surface area contributed by atoms with Gasteiger partial charge in [0.25, 0.3) is 0 Å². The first-order valence-corrected chi connectivity index (χ1v) is 7.39. The minimum atomic E-state index is -1.02. The molecule has 2 aliphatic rings. The molecule has 2 rings (SSSR count). The molecule has 0 aromatic rings. The number of hydrogen-bond donors (Lipinski definition) is 0. The first-order valence-electron chi connectivity index (χ1n) is 7.39. The molecule has 2 saturated carbocycles. The van der Waals surface area contributed by atoms with Crippen LogP contribution in [0.25, 0.3) is 0 Å². The second-order valence-electron chi connectivity index (χ2n) is 6.37. The van der Waals surface area contributed by atoms with Gasteiger partial charge in [0.05, 0.1) is 13.2 Å². The van der Waals surface area contributed by atoms with Crippen LogP contribution in [0.5, 0.6) is 0 Å². The highest BCUT2D eigenvalue weighted by atomic mass is 16.5. The Hall–Kier alpha value is -0.900. The number of carbonyl (C=O) groups is 2. The molecule has 0 aliphatic heterocycles. The van der Waals surface area contributed by atoms with E-state index in [1.807, 2.05) is 0 Å². The average molecular weight is 267 g/mol. The first kappa shape index (κ1) is 14.5. The van der Waals surface area contributed by atoms with Gasteiger partial charge < -0.3 is 4.74 Å². The van der Waals surface area contributed by atoms with Crippen molar-refractivity contribution < 1.29 is 14.3 Å². The molecule has 0 aromatic heterocycles. The third-order valence-electron chi connectivity index (χ3n) is 4.08. The summed E-state index contributed by atoms with van der Waals surface area (Å²) >= 11 is 0. The van der Waals surface area contributed by atoms with Crippen molar-refractivity contribution in [3.05, 3.63) is 0 Å². The van der Waals surface area contributed by atoms with Crippen LogP contribution in [-0.2, 0) is 14.3 Å². The molecule has 108 valence electrons. The van der Waals surface area contributed by atoms with Gasteiger partial charge in [0.1, 0.15) is 5.41 Å². The molecule has 0 heterocycles. The van der Waals surface area contributed by atoms with E-state index in [9.17, 15) is 9.59 Å². The predicted molar refractivity (Wildman–Crippen MR) is 72.7 cm³/mol. The summed E-state index contributed by atoms with van der Waals surface area (Å²) in [5.41, 5.74) is -1.02. The topological polar surface area (TPSA) is 46.6 Å². The van der Waals surface area contributed by atoms with Crippen LogP contribution in [0, 0.1) is 11.3 Å². The lowest BCUT2D eigenvalue weighted by Crippen LogP contribution is -2.43. The fourth-order valence-corrected chi connectivity index (χ4v) is 2.22. The molecular weight excluding hydrogens is 242 g/mol. The number of Topliss-reactive ketones (excluding diaryl/α,β-unsaturated/α-hetero) is 1. The van der Waals surface area contributed by atoms with Crippen LogP contribution in [0.2, 0.25) is 0 Å². The van der Waals surface area contributed by atoms with E-state index in [1.165, 1.54) is 25.7 Å². The van der Waals surface area contributed by atoms with Crippen molar-refractivity contribution in [2.45, 2.75) is 52.5 Å². The molecule has 0 aromatic carbocycles. The first-order chi connectivity index (χ1) is 8.95. The summed E-state index contributed by atoms with van der Waals surface area (Å²) < 4.78 is 5.00. The number of ether oxygens (including phenoxy) is 1. The van der Waals surface area contributed by atoms with Gasteiger partial charge in [-0.15, -0.1) is 0 Å². The van der Waals surface area contributed by atoms with Gasteiger partial charge >= 0.3 is 5.97 Å². The molecule has 0 bridgehead atoms. The van der Waals surface area contributed by atoms with E-state index in [1.54, 1.807) is 20.8 Å². The van der Waals surface area contributed by atoms with Crippen LogP contribution in [0.3, 0.4) is 0 Å². The number of nitrogens with zero attached hydrogens (tertiary/aromatic N) is 1. The summed E-state index contributed by atoms with van der Waals surface area (Å²) in [4.78, 5) is 26.5. The molecule has 0 saturated heterocycles. The Morgan fingerprint density at radius 2 is 1.84 bits per heavy atom. The Labute approximate surface area is 115 Å². The molecule has 0 spiro atoms. The molecule has 4 nitrogen and oxygen atoms in total. The summed E-state index contributed by atoms with van der Waals surface area (Å²) in [6.07, 6.45) is 4.97. The Morgan fingerprint density at radius 3 is 2.32 bits per heavy atom. The number of ketones is 1. The Kier molecular flexibility index (Phi) is 4.29. The third kappa shape index (κ3) is 3.78. The highest BCUT2D eigenvalue weighted by Gasteiger charge is 2.41. The van der Waals surface area contributed by atoms with Crippen LogP contribution in [-0.4, -0.2) is 42.4 Å². The van der Waals surface area contributed by atoms with E-state index in [0.717, 1.165) is 12.5 Å². The average Bonchev–Trinajstić information content (AvgIpc) is 3.21. The van der Waals surface area contributed by atoms with Gasteiger partial charge in [-0.3, -0.25) is 14.5 Å². The van der Waals surface area contributed by atoms with Gasteiger partial charge in [-0.05, 0) is 52.4 Å². The third-order valence-corrected chi connectivity index (χ3v) is 4.08. The van der Waals surface area contributed by atoms with Crippen LogP contribution >= 0.6 is 0 Å². The lowest BCUT2D eigenvalue weighted by Gasteiger charge is -2.26. The molecule has 2 fully saturated rings. The monoisotopic (exact) mass is 267 g/mol. The second kappa shape index (κ2) is 5.61. The van der Waals surface area contributed by atoms with Crippen molar-refractivity contribution in [2.75, 3.05) is 19.7 Å². The summed E-state index contributed by atoms with van der Waals surface area (Å²) in [5.74, 6) is 0.361. The molecule has 0 radical (unpaired) electrons. The zero-order valence-electron chi connectivity index (χ0n) is 12.3.